The molecule has 0 fully saturated rings. The van der Waals surface area contributed by atoms with Crippen molar-refractivity contribution in [2.24, 2.45) is 5.73 Å². The minimum Gasteiger partial charge on any atom is -0.480 e. The zero-order valence-corrected chi connectivity index (χ0v) is 12.2. The van der Waals surface area contributed by atoms with Crippen LogP contribution in [0.15, 0.2) is 35.7 Å². The average molecular weight is 305 g/mol. The molecule has 1 atom stereocenters. The lowest BCUT2D eigenvalue weighted by Gasteiger charge is -2.19. The van der Waals surface area contributed by atoms with Gasteiger partial charge < -0.3 is 10.8 Å². The predicted molar refractivity (Wildman–Crippen MR) is 80.5 cm³/mol. The van der Waals surface area contributed by atoms with E-state index in [1.165, 1.54) is 16.2 Å². The number of benzene rings is 1. The molecule has 0 aliphatic heterocycles. The van der Waals surface area contributed by atoms with Gasteiger partial charge in [0.1, 0.15) is 17.2 Å². The lowest BCUT2D eigenvalue weighted by molar-refractivity contribution is -0.135. The summed E-state index contributed by atoms with van der Waals surface area (Å²) >= 11 is 1.29. The number of hydrogen-bond donors (Lipinski definition) is 2. The Morgan fingerprint density at radius 3 is 2.57 bits per heavy atom. The monoisotopic (exact) mass is 305 g/mol. The van der Waals surface area contributed by atoms with E-state index >= 15 is 0 Å². The number of nitrogens with two attached hydrogens (primary N) is 1. The Kier molecular flexibility index (Phi) is 4.66. The molecule has 0 saturated carbocycles. The van der Waals surface area contributed by atoms with Crippen molar-refractivity contribution >= 4 is 28.9 Å². The molecule has 1 heterocycles. The summed E-state index contributed by atoms with van der Waals surface area (Å²) in [4.78, 5) is 28.8. The van der Waals surface area contributed by atoms with Crippen LogP contribution in [0.2, 0.25) is 0 Å². The van der Waals surface area contributed by atoms with Crippen molar-refractivity contribution in [1.82, 2.24) is 4.98 Å². The fraction of sp³-hybridized carbons (Fsp3) is 0.214. The number of carbonyl (C=O) groups is 2. The minimum absolute atomic E-state index is 0.206. The number of carboxylic acids is 1. The Bertz CT molecular complexity index is 640. The van der Waals surface area contributed by atoms with Gasteiger partial charge in [-0.15, -0.1) is 11.3 Å². The van der Waals surface area contributed by atoms with E-state index in [0.717, 1.165) is 0 Å². The molecular weight excluding hydrogens is 290 g/mol. The lowest BCUT2D eigenvalue weighted by Crippen LogP contribution is -2.36. The summed E-state index contributed by atoms with van der Waals surface area (Å²) in [5.74, 6) is -1.54. The molecular formula is C14H15N3O3S. The first-order valence-electron chi connectivity index (χ1n) is 6.28. The molecule has 0 spiro atoms. The average Bonchev–Trinajstić information content (AvgIpc) is 2.95. The first-order chi connectivity index (χ1) is 9.99. The molecule has 0 aliphatic rings. The number of thiazole rings is 1. The van der Waals surface area contributed by atoms with Gasteiger partial charge in [0.25, 0.3) is 5.91 Å². The topological polar surface area (TPSA) is 96.5 Å². The molecule has 2 aromatic rings. The second-order valence-electron chi connectivity index (χ2n) is 4.48. The van der Waals surface area contributed by atoms with Gasteiger partial charge in [-0.25, -0.2) is 4.98 Å². The van der Waals surface area contributed by atoms with E-state index in [-0.39, 0.29) is 11.7 Å². The van der Waals surface area contributed by atoms with Crippen LogP contribution < -0.4 is 10.6 Å². The van der Waals surface area contributed by atoms with Crippen LogP contribution in [-0.2, 0) is 4.79 Å². The van der Waals surface area contributed by atoms with Crippen LogP contribution in [0.25, 0.3) is 0 Å². The number of carbonyl (C=O) groups excluding carboxylic acids is 1. The number of hydrogen-bond acceptors (Lipinski definition) is 5. The van der Waals surface area contributed by atoms with Crippen molar-refractivity contribution in [2.75, 3.05) is 11.4 Å². The first-order valence-corrected chi connectivity index (χ1v) is 7.16. The molecule has 110 valence electrons. The van der Waals surface area contributed by atoms with E-state index in [1.54, 1.807) is 42.6 Å². The second kappa shape index (κ2) is 6.47. The molecule has 1 unspecified atom stereocenters. The van der Waals surface area contributed by atoms with Crippen LogP contribution in [0.3, 0.4) is 0 Å². The van der Waals surface area contributed by atoms with Gasteiger partial charge >= 0.3 is 5.97 Å². The lowest BCUT2D eigenvalue weighted by atomic mass is 10.2. The first kappa shape index (κ1) is 15.1. The van der Waals surface area contributed by atoms with E-state index in [4.69, 9.17) is 10.8 Å². The molecule has 6 nitrogen and oxygen atoms in total. The summed E-state index contributed by atoms with van der Waals surface area (Å²) in [7, 11) is 0. The summed E-state index contributed by atoms with van der Waals surface area (Å²) in [5.41, 5.74) is 6.44. The van der Waals surface area contributed by atoms with Gasteiger partial charge in [0.2, 0.25) is 0 Å². The van der Waals surface area contributed by atoms with Gasteiger partial charge in [-0.2, -0.15) is 0 Å². The number of amides is 1. The molecule has 2 rings (SSSR count). The molecule has 0 saturated heterocycles. The number of anilines is 1. The number of nitrogens with zero attached hydrogens (tertiary/aromatic N) is 2. The Balaban J connectivity index is 2.31. The SMILES string of the molecule is CC(N)c1nc(C(=O)N(CC(=O)O)c2ccccc2)cs1. The van der Waals surface area contributed by atoms with Gasteiger partial charge in [-0.1, -0.05) is 18.2 Å². The highest BCUT2D eigenvalue weighted by molar-refractivity contribution is 7.09. The molecule has 0 aliphatic carbocycles. The van der Waals surface area contributed by atoms with Crippen LogP contribution in [0.1, 0.15) is 28.5 Å². The maximum Gasteiger partial charge on any atom is 0.323 e. The molecule has 3 N–H and O–H groups in total. The molecule has 1 aromatic heterocycles. The molecule has 7 heteroatoms. The van der Waals surface area contributed by atoms with Crippen molar-refractivity contribution in [3.63, 3.8) is 0 Å². The van der Waals surface area contributed by atoms with E-state index in [2.05, 4.69) is 4.98 Å². The largest absolute Gasteiger partial charge is 0.480 e. The number of carboxylic acid groups (broad SMARTS) is 1. The van der Waals surface area contributed by atoms with Crippen LogP contribution in [0.4, 0.5) is 5.69 Å². The van der Waals surface area contributed by atoms with Crippen molar-refractivity contribution < 1.29 is 14.7 Å². The van der Waals surface area contributed by atoms with E-state index < -0.39 is 18.4 Å². The number of para-hydroxylation sites is 1. The van der Waals surface area contributed by atoms with Crippen molar-refractivity contribution in [2.45, 2.75) is 13.0 Å². The van der Waals surface area contributed by atoms with Crippen molar-refractivity contribution in [1.29, 1.82) is 0 Å². The summed E-state index contributed by atoms with van der Waals surface area (Å²) in [5, 5.41) is 11.2. The third-order valence-corrected chi connectivity index (χ3v) is 3.78. The number of aromatic nitrogens is 1. The summed E-state index contributed by atoms with van der Waals surface area (Å²) in [6, 6.07) is 8.38. The standard InChI is InChI=1S/C14H15N3O3S/c1-9(15)13-16-11(8-21-13)14(20)17(7-12(18)19)10-5-3-2-4-6-10/h2-6,8-9H,7,15H2,1H3,(H,18,19). The zero-order chi connectivity index (χ0) is 15.4. The van der Waals surface area contributed by atoms with Crippen LogP contribution in [0.5, 0.6) is 0 Å². The quantitative estimate of drug-likeness (QED) is 0.879. The molecule has 0 radical (unpaired) electrons. The van der Waals surface area contributed by atoms with Gasteiger partial charge in [0, 0.05) is 11.1 Å². The fourth-order valence-electron chi connectivity index (χ4n) is 1.76. The number of aliphatic carboxylic acids is 1. The van der Waals surface area contributed by atoms with Gasteiger partial charge in [0.05, 0.1) is 6.04 Å². The van der Waals surface area contributed by atoms with Gasteiger partial charge in [0.15, 0.2) is 0 Å². The highest BCUT2D eigenvalue weighted by Gasteiger charge is 2.23. The molecule has 1 amide bonds. The van der Waals surface area contributed by atoms with Crippen LogP contribution in [0, 0.1) is 0 Å². The Morgan fingerprint density at radius 1 is 1.38 bits per heavy atom. The number of rotatable bonds is 5. The normalized spacial score (nSPS) is 11.9. The molecule has 21 heavy (non-hydrogen) atoms. The van der Waals surface area contributed by atoms with Crippen molar-refractivity contribution in [3.8, 4) is 0 Å². The van der Waals surface area contributed by atoms with Gasteiger partial charge in [-0.05, 0) is 19.1 Å². The van der Waals surface area contributed by atoms with Crippen LogP contribution in [-0.4, -0.2) is 28.5 Å². The Labute approximate surface area is 125 Å². The molecule has 1 aromatic carbocycles. The predicted octanol–water partition coefficient (Wildman–Crippen LogP) is 1.89. The maximum absolute atomic E-state index is 12.5. The summed E-state index contributed by atoms with van der Waals surface area (Å²) in [6.07, 6.45) is 0. The highest BCUT2D eigenvalue weighted by Crippen LogP contribution is 2.20. The fourth-order valence-corrected chi connectivity index (χ4v) is 2.51. The van der Waals surface area contributed by atoms with Gasteiger partial charge in [-0.3, -0.25) is 14.5 Å². The highest BCUT2D eigenvalue weighted by atomic mass is 32.1. The summed E-state index contributed by atoms with van der Waals surface area (Å²) in [6.45, 7) is 1.35. The van der Waals surface area contributed by atoms with Crippen molar-refractivity contribution in [3.05, 3.63) is 46.4 Å². The van der Waals surface area contributed by atoms with E-state index in [0.29, 0.717) is 10.7 Å². The minimum atomic E-state index is -1.09. The second-order valence-corrected chi connectivity index (χ2v) is 5.37. The smallest absolute Gasteiger partial charge is 0.323 e. The third-order valence-electron chi connectivity index (χ3n) is 2.74. The zero-order valence-electron chi connectivity index (χ0n) is 11.4. The third kappa shape index (κ3) is 3.65. The molecule has 0 bridgehead atoms. The maximum atomic E-state index is 12.5. The summed E-state index contributed by atoms with van der Waals surface area (Å²) < 4.78 is 0. The van der Waals surface area contributed by atoms with E-state index in [9.17, 15) is 9.59 Å². The Morgan fingerprint density at radius 2 is 2.05 bits per heavy atom. The van der Waals surface area contributed by atoms with Crippen LogP contribution >= 0.6 is 11.3 Å². The Hall–Kier alpha value is -2.25. The van der Waals surface area contributed by atoms with E-state index in [1.807, 2.05) is 0 Å².